The van der Waals surface area contributed by atoms with Crippen LogP contribution in [0.15, 0.2) is 42.5 Å². The second-order valence-electron chi connectivity index (χ2n) is 7.39. The summed E-state index contributed by atoms with van der Waals surface area (Å²) in [5, 5.41) is 0. The van der Waals surface area contributed by atoms with Crippen LogP contribution in [0, 0.1) is 5.92 Å². The Morgan fingerprint density at radius 2 is 1.70 bits per heavy atom. The molecule has 2 aromatic rings. The molecule has 3 aliphatic rings. The summed E-state index contributed by atoms with van der Waals surface area (Å²) in [4.78, 5) is 0. The van der Waals surface area contributed by atoms with Gasteiger partial charge < -0.3 is 0 Å². The molecule has 3 unspecified atom stereocenters. The van der Waals surface area contributed by atoms with Gasteiger partial charge in [-0.3, -0.25) is 0 Å². The molecule has 0 aromatic heterocycles. The van der Waals surface area contributed by atoms with Crippen molar-refractivity contribution in [1.29, 1.82) is 0 Å². The van der Waals surface area contributed by atoms with Crippen molar-refractivity contribution in [2.45, 2.75) is 43.9 Å². The van der Waals surface area contributed by atoms with Gasteiger partial charge in [0.25, 0.3) is 0 Å². The van der Waals surface area contributed by atoms with Crippen molar-refractivity contribution >= 4 is 0 Å². The van der Waals surface area contributed by atoms with E-state index in [0.717, 1.165) is 17.8 Å². The van der Waals surface area contributed by atoms with Gasteiger partial charge >= 0.3 is 0 Å². The molecule has 3 aliphatic carbocycles. The van der Waals surface area contributed by atoms with Gasteiger partial charge in [0.15, 0.2) is 0 Å². The van der Waals surface area contributed by atoms with Gasteiger partial charge in [0, 0.05) is 0 Å². The first-order valence-electron chi connectivity index (χ1n) is 7.92. The smallest absolute Gasteiger partial charge is 0.00471 e. The predicted octanol–water partition coefficient (Wildman–Crippen LogP) is 5.24. The Hall–Kier alpha value is -1.56. The molecule has 0 heteroatoms. The molecule has 3 atom stereocenters. The summed E-state index contributed by atoms with van der Waals surface area (Å²) in [6.45, 7) is 4.94. The van der Waals surface area contributed by atoms with Gasteiger partial charge in [-0.2, -0.15) is 0 Å². The van der Waals surface area contributed by atoms with E-state index in [2.05, 4.69) is 56.3 Å². The monoisotopic (exact) mass is 260 g/mol. The van der Waals surface area contributed by atoms with Gasteiger partial charge in [0.05, 0.1) is 0 Å². The van der Waals surface area contributed by atoms with E-state index in [1.165, 1.54) is 24.0 Å². The highest BCUT2D eigenvalue weighted by atomic mass is 14.6. The lowest BCUT2D eigenvalue weighted by atomic mass is 9.73. The fourth-order valence-corrected chi connectivity index (χ4v) is 5.55. The molecular weight excluding hydrogens is 240 g/mol. The fraction of sp³-hybridized carbons (Fsp3) is 0.400. The highest BCUT2D eigenvalue weighted by molar-refractivity contribution is 5.78. The normalized spacial score (nSPS) is 31.0. The molecule has 5 rings (SSSR count). The maximum atomic E-state index is 2.47. The summed E-state index contributed by atoms with van der Waals surface area (Å²) in [5.41, 5.74) is 8.32. The third kappa shape index (κ3) is 1.07. The molecule has 0 radical (unpaired) electrons. The maximum Gasteiger partial charge on any atom is -0.00471 e. The van der Waals surface area contributed by atoms with E-state index in [9.17, 15) is 0 Å². The molecule has 0 N–H and O–H groups in total. The summed E-state index contributed by atoms with van der Waals surface area (Å²) in [6, 6.07) is 16.1. The molecule has 0 amide bonds. The van der Waals surface area contributed by atoms with Gasteiger partial charge in [-0.25, -0.2) is 0 Å². The van der Waals surface area contributed by atoms with E-state index in [1.807, 2.05) is 0 Å². The van der Waals surface area contributed by atoms with Crippen molar-refractivity contribution in [3.8, 4) is 11.1 Å². The van der Waals surface area contributed by atoms with Crippen LogP contribution in [0.1, 0.15) is 55.2 Å². The van der Waals surface area contributed by atoms with E-state index in [-0.39, 0.29) is 0 Å². The Balaban J connectivity index is 1.92. The highest BCUT2D eigenvalue weighted by Crippen LogP contribution is 2.67. The summed E-state index contributed by atoms with van der Waals surface area (Å²) in [5.74, 6) is 2.40. The zero-order chi connectivity index (χ0) is 13.5. The maximum absolute atomic E-state index is 2.47. The summed E-state index contributed by atoms with van der Waals surface area (Å²) in [6.07, 6.45) is 2.77. The average Bonchev–Trinajstić information content (AvgIpc) is 3.00. The van der Waals surface area contributed by atoms with Crippen LogP contribution in [0.25, 0.3) is 11.1 Å². The van der Waals surface area contributed by atoms with Gasteiger partial charge in [0.1, 0.15) is 0 Å². The number of benzene rings is 2. The summed E-state index contributed by atoms with van der Waals surface area (Å²) >= 11 is 0. The van der Waals surface area contributed by atoms with Crippen LogP contribution in [0.4, 0.5) is 0 Å². The molecule has 0 aliphatic heterocycles. The summed E-state index contributed by atoms with van der Waals surface area (Å²) in [7, 11) is 0. The third-order valence-electron chi connectivity index (χ3n) is 6.37. The van der Waals surface area contributed by atoms with Crippen molar-refractivity contribution in [3.63, 3.8) is 0 Å². The minimum absolute atomic E-state index is 0.354. The quantitative estimate of drug-likeness (QED) is 0.608. The molecular formula is C20H20. The second kappa shape index (κ2) is 3.36. The van der Waals surface area contributed by atoms with Crippen molar-refractivity contribution in [1.82, 2.24) is 0 Å². The highest BCUT2D eigenvalue weighted by Gasteiger charge is 2.55. The van der Waals surface area contributed by atoms with Crippen LogP contribution in [0.2, 0.25) is 0 Å². The molecule has 0 heterocycles. The van der Waals surface area contributed by atoms with Crippen LogP contribution < -0.4 is 0 Å². The third-order valence-corrected chi connectivity index (χ3v) is 6.37. The standard InChI is InChI=1S/C20H20/c1-20(2)16-9-5-8-14-12-6-3-4-7-13(12)15-10-11-17(20)19(15)18(14)16/h3-9,15,17,19H,10-11H2,1-2H3. The number of hydrogen-bond donors (Lipinski definition) is 0. The lowest BCUT2D eigenvalue weighted by molar-refractivity contribution is 0.328. The van der Waals surface area contributed by atoms with Crippen molar-refractivity contribution in [3.05, 3.63) is 59.2 Å². The fourth-order valence-electron chi connectivity index (χ4n) is 5.55. The van der Waals surface area contributed by atoms with E-state index >= 15 is 0 Å². The first-order valence-corrected chi connectivity index (χ1v) is 7.92. The zero-order valence-electron chi connectivity index (χ0n) is 12.2. The zero-order valence-corrected chi connectivity index (χ0v) is 12.2. The molecule has 1 saturated carbocycles. The SMILES string of the molecule is CC1(C)c2cccc3c2C2C(CCC21)c1ccccc1-3. The van der Waals surface area contributed by atoms with E-state index in [1.54, 1.807) is 16.7 Å². The van der Waals surface area contributed by atoms with Gasteiger partial charge in [-0.15, -0.1) is 0 Å². The van der Waals surface area contributed by atoms with Crippen molar-refractivity contribution < 1.29 is 0 Å². The lowest BCUT2D eigenvalue weighted by Gasteiger charge is -2.31. The largest absolute Gasteiger partial charge is 0.0619 e. The number of fused-ring (bicyclic) bond motifs is 3. The summed E-state index contributed by atoms with van der Waals surface area (Å²) < 4.78 is 0. The molecule has 0 saturated heterocycles. The minimum atomic E-state index is 0.354. The number of hydrogen-bond acceptors (Lipinski definition) is 0. The molecule has 0 bridgehead atoms. The Morgan fingerprint density at radius 1 is 0.900 bits per heavy atom. The molecule has 1 fully saturated rings. The van der Waals surface area contributed by atoms with Crippen LogP contribution in [-0.4, -0.2) is 0 Å². The molecule has 0 nitrogen and oxygen atoms in total. The molecule has 0 spiro atoms. The van der Waals surface area contributed by atoms with Crippen molar-refractivity contribution in [2.24, 2.45) is 5.92 Å². The first kappa shape index (κ1) is 11.1. The lowest BCUT2D eigenvalue weighted by Crippen LogP contribution is -2.23. The second-order valence-corrected chi connectivity index (χ2v) is 7.39. The van der Waals surface area contributed by atoms with Crippen LogP contribution in [-0.2, 0) is 5.41 Å². The topological polar surface area (TPSA) is 0 Å². The van der Waals surface area contributed by atoms with Gasteiger partial charge in [-0.1, -0.05) is 56.3 Å². The average molecular weight is 260 g/mol. The molecule has 20 heavy (non-hydrogen) atoms. The Labute approximate surface area is 120 Å². The van der Waals surface area contributed by atoms with Crippen molar-refractivity contribution in [2.75, 3.05) is 0 Å². The minimum Gasteiger partial charge on any atom is -0.0619 e. The number of rotatable bonds is 0. The van der Waals surface area contributed by atoms with E-state index < -0.39 is 0 Å². The Bertz CT molecular complexity index is 723. The molecule has 100 valence electrons. The van der Waals surface area contributed by atoms with Crippen LogP contribution >= 0.6 is 0 Å². The predicted molar refractivity (Wildman–Crippen MR) is 83.1 cm³/mol. The van der Waals surface area contributed by atoms with E-state index in [0.29, 0.717) is 5.41 Å². The first-order chi connectivity index (χ1) is 9.69. The Kier molecular flexibility index (Phi) is 1.87. The van der Waals surface area contributed by atoms with Gasteiger partial charge in [0.2, 0.25) is 0 Å². The molecule has 2 aromatic carbocycles. The van der Waals surface area contributed by atoms with Gasteiger partial charge in [-0.05, 0) is 63.8 Å². The van der Waals surface area contributed by atoms with Crippen LogP contribution in [0.5, 0.6) is 0 Å². The Morgan fingerprint density at radius 3 is 2.60 bits per heavy atom. The van der Waals surface area contributed by atoms with Crippen LogP contribution in [0.3, 0.4) is 0 Å². The van der Waals surface area contributed by atoms with E-state index in [4.69, 9.17) is 0 Å².